The molecule has 94 valence electrons. The molecule has 1 aliphatic heterocycles. The molecule has 1 aliphatic rings. The van der Waals surface area contributed by atoms with Crippen LogP contribution in [0.3, 0.4) is 0 Å². The molecule has 3 rings (SSSR count). The van der Waals surface area contributed by atoms with Crippen molar-refractivity contribution in [2.45, 2.75) is 18.9 Å². The number of epoxide rings is 1. The summed E-state index contributed by atoms with van der Waals surface area (Å²) < 4.78 is 16.0. The molecule has 18 heavy (non-hydrogen) atoms. The molecule has 0 aliphatic carbocycles. The van der Waals surface area contributed by atoms with Crippen molar-refractivity contribution in [3.8, 4) is 5.75 Å². The molecule has 0 spiro atoms. The minimum atomic E-state index is -0.349. The quantitative estimate of drug-likeness (QED) is 0.613. The standard InChI is InChI=1S/C14H14O4/c1-14(9-17-14)6-7-16-11-4-2-10-3-5-13(15)18-12(10)8-11/h2-5,8H,6-7,9H2,1H3/t14-/m0/s1. The zero-order valence-corrected chi connectivity index (χ0v) is 10.1. The topological polar surface area (TPSA) is 52.0 Å². The zero-order chi connectivity index (χ0) is 12.6. The smallest absolute Gasteiger partial charge is 0.336 e. The van der Waals surface area contributed by atoms with E-state index in [1.807, 2.05) is 12.1 Å². The lowest BCUT2D eigenvalue weighted by Gasteiger charge is -2.08. The van der Waals surface area contributed by atoms with Gasteiger partial charge in [0, 0.05) is 23.9 Å². The highest BCUT2D eigenvalue weighted by atomic mass is 16.6. The summed E-state index contributed by atoms with van der Waals surface area (Å²) in [6.45, 7) is 3.47. The van der Waals surface area contributed by atoms with Crippen molar-refractivity contribution < 1.29 is 13.9 Å². The highest BCUT2D eigenvalue weighted by molar-refractivity contribution is 5.77. The summed E-state index contributed by atoms with van der Waals surface area (Å²) in [6, 6.07) is 8.65. The number of ether oxygens (including phenoxy) is 2. The average molecular weight is 246 g/mol. The molecule has 0 radical (unpaired) electrons. The van der Waals surface area contributed by atoms with Crippen LogP contribution in [0.15, 0.2) is 39.5 Å². The molecule has 0 saturated carbocycles. The number of fused-ring (bicyclic) bond motifs is 1. The largest absolute Gasteiger partial charge is 0.493 e. The molecule has 1 saturated heterocycles. The highest BCUT2D eigenvalue weighted by Gasteiger charge is 2.38. The minimum absolute atomic E-state index is 0.00338. The van der Waals surface area contributed by atoms with Crippen molar-refractivity contribution in [3.63, 3.8) is 0 Å². The summed E-state index contributed by atoms with van der Waals surface area (Å²) in [5.74, 6) is 0.709. The molecular formula is C14H14O4. The van der Waals surface area contributed by atoms with Crippen molar-refractivity contribution in [2.75, 3.05) is 13.2 Å². The van der Waals surface area contributed by atoms with E-state index in [0.29, 0.717) is 17.9 Å². The molecule has 4 nitrogen and oxygen atoms in total. The van der Waals surface area contributed by atoms with Gasteiger partial charge in [0.2, 0.25) is 0 Å². The lowest BCUT2D eigenvalue weighted by Crippen LogP contribution is -2.10. The predicted molar refractivity (Wildman–Crippen MR) is 67.0 cm³/mol. The Morgan fingerprint density at radius 3 is 2.89 bits per heavy atom. The monoisotopic (exact) mass is 246 g/mol. The van der Waals surface area contributed by atoms with Crippen LogP contribution in [0, 0.1) is 0 Å². The summed E-state index contributed by atoms with van der Waals surface area (Å²) >= 11 is 0. The van der Waals surface area contributed by atoms with E-state index in [2.05, 4.69) is 6.92 Å². The van der Waals surface area contributed by atoms with Gasteiger partial charge in [-0.05, 0) is 25.1 Å². The molecule has 1 atom stereocenters. The highest BCUT2D eigenvalue weighted by Crippen LogP contribution is 2.30. The predicted octanol–water partition coefficient (Wildman–Crippen LogP) is 2.35. The van der Waals surface area contributed by atoms with Gasteiger partial charge in [-0.2, -0.15) is 0 Å². The Kier molecular flexibility index (Phi) is 2.59. The molecule has 0 bridgehead atoms. The van der Waals surface area contributed by atoms with Crippen molar-refractivity contribution in [2.24, 2.45) is 0 Å². The third-order valence-electron chi connectivity index (χ3n) is 3.13. The molecule has 1 aromatic carbocycles. The Morgan fingerprint density at radius 2 is 2.11 bits per heavy atom. The van der Waals surface area contributed by atoms with Crippen LogP contribution < -0.4 is 10.4 Å². The van der Waals surface area contributed by atoms with Gasteiger partial charge in [-0.15, -0.1) is 0 Å². The Hall–Kier alpha value is -1.81. The molecule has 4 heteroatoms. The van der Waals surface area contributed by atoms with E-state index in [0.717, 1.165) is 18.4 Å². The first-order chi connectivity index (χ1) is 8.65. The van der Waals surface area contributed by atoms with Gasteiger partial charge in [0.05, 0.1) is 18.8 Å². The van der Waals surface area contributed by atoms with E-state index < -0.39 is 0 Å². The van der Waals surface area contributed by atoms with Crippen LogP contribution in [-0.4, -0.2) is 18.8 Å². The summed E-state index contributed by atoms with van der Waals surface area (Å²) in [5.41, 5.74) is 0.205. The van der Waals surface area contributed by atoms with Crippen LogP contribution in [-0.2, 0) is 4.74 Å². The molecule has 2 heterocycles. The van der Waals surface area contributed by atoms with Gasteiger partial charge in [0.15, 0.2) is 0 Å². The molecule has 1 fully saturated rings. The molecule has 0 N–H and O–H groups in total. The van der Waals surface area contributed by atoms with Gasteiger partial charge in [0.25, 0.3) is 0 Å². The Balaban J connectivity index is 1.73. The van der Waals surface area contributed by atoms with Gasteiger partial charge in [-0.25, -0.2) is 4.79 Å². The summed E-state index contributed by atoms with van der Waals surface area (Å²) in [4.78, 5) is 11.1. The zero-order valence-electron chi connectivity index (χ0n) is 10.1. The van der Waals surface area contributed by atoms with Gasteiger partial charge in [-0.3, -0.25) is 0 Å². The lowest BCUT2D eigenvalue weighted by molar-refractivity contribution is 0.239. The Labute approximate surface area is 104 Å². The Bertz CT molecular complexity index is 625. The van der Waals surface area contributed by atoms with E-state index in [9.17, 15) is 4.79 Å². The molecule has 0 amide bonds. The maximum atomic E-state index is 11.1. The first-order valence-corrected chi connectivity index (χ1v) is 5.95. The number of rotatable bonds is 4. The van der Waals surface area contributed by atoms with Crippen molar-refractivity contribution in [1.82, 2.24) is 0 Å². The SMILES string of the molecule is C[C@]1(CCOc2ccc3ccc(=O)oc3c2)CO1. The molecule has 0 unspecified atom stereocenters. The number of hydrogen-bond acceptors (Lipinski definition) is 4. The molecular weight excluding hydrogens is 232 g/mol. The van der Waals surface area contributed by atoms with E-state index in [4.69, 9.17) is 13.9 Å². The van der Waals surface area contributed by atoms with Crippen LogP contribution in [0.4, 0.5) is 0 Å². The van der Waals surface area contributed by atoms with Gasteiger partial charge in [0.1, 0.15) is 11.3 Å². The average Bonchev–Trinajstić information content (AvgIpc) is 3.07. The minimum Gasteiger partial charge on any atom is -0.493 e. The lowest BCUT2D eigenvalue weighted by atomic mass is 10.1. The van der Waals surface area contributed by atoms with Gasteiger partial charge in [-0.1, -0.05) is 0 Å². The second-order valence-electron chi connectivity index (χ2n) is 4.79. The van der Waals surface area contributed by atoms with Crippen LogP contribution in [0.1, 0.15) is 13.3 Å². The molecule has 1 aromatic heterocycles. The fourth-order valence-corrected chi connectivity index (χ4v) is 1.78. The van der Waals surface area contributed by atoms with Crippen molar-refractivity contribution in [1.29, 1.82) is 0 Å². The maximum absolute atomic E-state index is 11.1. The summed E-state index contributed by atoms with van der Waals surface area (Å²) in [7, 11) is 0. The number of benzene rings is 1. The first kappa shape index (κ1) is 11.3. The normalized spacial score (nSPS) is 22.1. The summed E-state index contributed by atoms with van der Waals surface area (Å²) in [6.07, 6.45) is 0.865. The Morgan fingerprint density at radius 1 is 1.33 bits per heavy atom. The van der Waals surface area contributed by atoms with E-state index in [1.54, 1.807) is 12.1 Å². The fraction of sp³-hybridized carbons (Fsp3) is 0.357. The maximum Gasteiger partial charge on any atom is 0.336 e. The van der Waals surface area contributed by atoms with E-state index in [-0.39, 0.29) is 11.2 Å². The summed E-state index contributed by atoms with van der Waals surface area (Å²) in [5, 5.41) is 0.888. The second-order valence-corrected chi connectivity index (χ2v) is 4.79. The second kappa shape index (κ2) is 4.14. The van der Waals surface area contributed by atoms with E-state index >= 15 is 0 Å². The van der Waals surface area contributed by atoms with Crippen molar-refractivity contribution in [3.05, 3.63) is 40.8 Å². The number of hydrogen-bond donors (Lipinski definition) is 0. The third-order valence-corrected chi connectivity index (χ3v) is 3.13. The van der Waals surface area contributed by atoms with Crippen molar-refractivity contribution >= 4 is 11.0 Å². The van der Waals surface area contributed by atoms with E-state index in [1.165, 1.54) is 6.07 Å². The van der Waals surface area contributed by atoms with Crippen LogP contribution in [0.2, 0.25) is 0 Å². The van der Waals surface area contributed by atoms with Crippen LogP contribution in [0.5, 0.6) is 5.75 Å². The van der Waals surface area contributed by atoms with Gasteiger partial charge >= 0.3 is 5.63 Å². The van der Waals surface area contributed by atoms with Crippen LogP contribution in [0.25, 0.3) is 11.0 Å². The first-order valence-electron chi connectivity index (χ1n) is 5.95. The molecule has 2 aromatic rings. The fourth-order valence-electron chi connectivity index (χ4n) is 1.78. The van der Waals surface area contributed by atoms with Gasteiger partial charge < -0.3 is 13.9 Å². The third kappa shape index (κ3) is 2.38. The van der Waals surface area contributed by atoms with Crippen LogP contribution >= 0.6 is 0 Å².